The second-order valence-electron chi connectivity index (χ2n) is 5.01. The van der Waals surface area contributed by atoms with E-state index < -0.39 is 0 Å². The Kier molecular flexibility index (Phi) is 2.72. The average Bonchev–Trinajstić information content (AvgIpc) is 2.42. The van der Waals surface area contributed by atoms with Gasteiger partial charge in [-0.2, -0.15) is 0 Å². The fourth-order valence-corrected chi connectivity index (χ4v) is 2.42. The van der Waals surface area contributed by atoms with Crippen molar-refractivity contribution in [2.75, 3.05) is 0 Å². The average molecular weight is 245 g/mol. The molecule has 19 heavy (non-hydrogen) atoms. The van der Waals surface area contributed by atoms with Crippen molar-refractivity contribution in [1.29, 1.82) is 0 Å². The maximum Gasteiger partial charge on any atom is 0.0711 e. The highest BCUT2D eigenvalue weighted by Crippen LogP contribution is 2.27. The molecule has 3 rings (SSSR count). The minimum absolute atomic E-state index is 1.01. The number of nitrogens with zero attached hydrogens (tertiary/aromatic N) is 1. The fourth-order valence-electron chi connectivity index (χ4n) is 2.42. The number of benzene rings is 1. The maximum absolute atomic E-state index is 4.57. The van der Waals surface area contributed by atoms with Crippen LogP contribution in [0.15, 0.2) is 36.5 Å². The predicted octanol–water partition coefficient (Wildman–Crippen LogP) is 4.43. The Morgan fingerprint density at radius 3 is 2.74 bits per heavy atom. The topological polar surface area (TPSA) is 12.9 Å². The van der Waals surface area contributed by atoms with Crippen molar-refractivity contribution in [2.24, 2.45) is 0 Å². The largest absolute Gasteiger partial charge is 0.255 e. The molecule has 0 aliphatic rings. The third-order valence-corrected chi connectivity index (χ3v) is 3.58. The van der Waals surface area contributed by atoms with Gasteiger partial charge in [-0.25, -0.2) is 0 Å². The lowest BCUT2D eigenvalue weighted by Crippen LogP contribution is -1.91. The SMILES string of the molecule is Cc1cc(C)c(C)c(-c2cc3ccc#cc3cn2)c1. The van der Waals surface area contributed by atoms with E-state index in [0.29, 0.717) is 0 Å². The zero-order valence-corrected chi connectivity index (χ0v) is 11.4. The number of hydrogen-bond acceptors (Lipinski definition) is 1. The lowest BCUT2D eigenvalue weighted by Gasteiger charge is -2.10. The molecule has 0 atom stereocenters. The molecule has 2 aromatic carbocycles. The second kappa shape index (κ2) is 4.40. The van der Waals surface area contributed by atoms with Crippen LogP contribution in [0.4, 0.5) is 0 Å². The third kappa shape index (κ3) is 2.06. The van der Waals surface area contributed by atoms with Gasteiger partial charge in [-0.1, -0.05) is 23.8 Å². The summed E-state index contributed by atoms with van der Waals surface area (Å²) in [6, 6.07) is 16.5. The van der Waals surface area contributed by atoms with Crippen molar-refractivity contribution >= 4 is 10.8 Å². The van der Waals surface area contributed by atoms with Crippen molar-refractivity contribution < 1.29 is 0 Å². The van der Waals surface area contributed by atoms with Crippen LogP contribution < -0.4 is 0 Å². The van der Waals surface area contributed by atoms with Crippen LogP contribution in [0.25, 0.3) is 22.0 Å². The Balaban J connectivity index is 2.24. The van der Waals surface area contributed by atoms with Crippen LogP contribution in [-0.4, -0.2) is 4.98 Å². The third-order valence-electron chi connectivity index (χ3n) is 3.58. The van der Waals surface area contributed by atoms with Crippen molar-refractivity contribution in [2.45, 2.75) is 20.8 Å². The van der Waals surface area contributed by atoms with Crippen LogP contribution >= 0.6 is 0 Å². The summed E-state index contributed by atoms with van der Waals surface area (Å²) in [5.74, 6) is 0. The Morgan fingerprint density at radius 1 is 1.05 bits per heavy atom. The molecular formula is C18H15N. The van der Waals surface area contributed by atoms with E-state index in [2.05, 4.69) is 62.2 Å². The van der Waals surface area contributed by atoms with Crippen molar-refractivity contribution in [3.63, 3.8) is 0 Å². The minimum Gasteiger partial charge on any atom is -0.255 e. The summed E-state index contributed by atoms with van der Waals surface area (Å²) in [5, 5.41) is 2.16. The molecule has 0 aliphatic carbocycles. The minimum atomic E-state index is 1.01. The van der Waals surface area contributed by atoms with Gasteiger partial charge in [-0.15, -0.1) is 0 Å². The van der Waals surface area contributed by atoms with Gasteiger partial charge in [0, 0.05) is 11.8 Å². The van der Waals surface area contributed by atoms with E-state index in [1.165, 1.54) is 22.3 Å². The van der Waals surface area contributed by atoms with Gasteiger partial charge < -0.3 is 0 Å². The van der Waals surface area contributed by atoms with E-state index in [1.807, 2.05) is 12.3 Å². The lowest BCUT2D eigenvalue weighted by molar-refractivity contribution is 1.27. The first-order valence-electron chi connectivity index (χ1n) is 6.41. The normalized spacial score (nSPS) is 10.5. The van der Waals surface area contributed by atoms with Crippen LogP contribution in [0.3, 0.4) is 0 Å². The summed E-state index contributed by atoms with van der Waals surface area (Å²) in [7, 11) is 0. The molecule has 1 heteroatoms. The van der Waals surface area contributed by atoms with Crippen LogP contribution in [0, 0.1) is 32.9 Å². The fraction of sp³-hybridized carbons (Fsp3) is 0.167. The molecule has 0 bridgehead atoms. The summed E-state index contributed by atoms with van der Waals surface area (Å²) < 4.78 is 0. The molecule has 0 radical (unpaired) electrons. The molecule has 92 valence electrons. The standard InChI is InChI=1S/C18H15N/c1-12-8-13(2)14(3)17(9-12)18-10-15-6-4-5-7-16(15)11-19-18/h4,6,8-11H,1-3H3. The van der Waals surface area contributed by atoms with E-state index >= 15 is 0 Å². The molecule has 0 fully saturated rings. The molecule has 0 amide bonds. The molecule has 0 unspecified atom stereocenters. The summed E-state index contributed by atoms with van der Waals surface area (Å²) in [6.07, 6.45) is 1.87. The lowest BCUT2D eigenvalue weighted by atomic mass is 9.97. The molecule has 0 spiro atoms. The van der Waals surface area contributed by atoms with E-state index in [-0.39, 0.29) is 0 Å². The molecule has 0 N–H and O–H groups in total. The van der Waals surface area contributed by atoms with Crippen LogP contribution in [0.5, 0.6) is 0 Å². The number of aromatic nitrogens is 1. The van der Waals surface area contributed by atoms with E-state index in [0.717, 1.165) is 16.5 Å². The van der Waals surface area contributed by atoms with Gasteiger partial charge in [-0.3, -0.25) is 4.98 Å². The first-order valence-corrected chi connectivity index (χ1v) is 6.41. The van der Waals surface area contributed by atoms with Gasteiger partial charge in [0.15, 0.2) is 0 Å². The second-order valence-corrected chi connectivity index (χ2v) is 5.01. The van der Waals surface area contributed by atoms with Crippen molar-refractivity contribution in [3.8, 4) is 11.3 Å². The Labute approximate surface area is 113 Å². The van der Waals surface area contributed by atoms with Gasteiger partial charge in [0.2, 0.25) is 0 Å². The number of hydrogen-bond donors (Lipinski definition) is 0. The molecule has 0 saturated heterocycles. The molecule has 0 aliphatic heterocycles. The Morgan fingerprint density at radius 2 is 1.89 bits per heavy atom. The molecule has 1 nitrogen and oxygen atoms in total. The highest BCUT2D eigenvalue weighted by Gasteiger charge is 2.07. The van der Waals surface area contributed by atoms with Gasteiger partial charge in [-0.05, 0) is 61.5 Å². The predicted molar refractivity (Wildman–Crippen MR) is 79.1 cm³/mol. The summed E-state index contributed by atoms with van der Waals surface area (Å²) >= 11 is 0. The van der Waals surface area contributed by atoms with Gasteiger partial charge in [0.05, 0.1) is 11.1 Å². The summed E-state index contributed by atoms with van der Waals surface area (Å²) in [4.78, 5) is 4.57. The Bertz CT molecular complexity index is 757. The Hall–Kier alpha value is -2.33. The smallest absolute Gasteiger partial charge is 0.0711 e. The summed E-state index contributed by atoms with van der Waals surface area (Å²) in [6.45, 7) is 6.43. The number of fused-ring (bicyclic) bond motifs is 1. The molecule has 1 aromatic heterocycles. The first-order chi connectivity index (χ1) is 9.15. The quantitative estimate of drug-likeness (QED) is 0.618. The van der Waals surface area contributed by atoms with E-state index in [4.69, 9.17) is 0 Å². The molecule has 0 saturated carbocycles. The number of aryl methyl sites for hydroxylation is 2. The monoisotopic (exact) mass is 245 g/mol. The molecular weight excluding hydrogens is 230 g/mol. The van der Waals surface area contributed by atoms with Crippen molar-refractivity contribution in [1.82, 2.24) is 4.98 Å². The van der Waals surface area contributed by atoms with Crippen LogP contribution in [-0.2, 0) is 0 Å². The van der Waals surface area contributed by atoms with Crippen molar-refractivity contribution in [3.05, 3.63) is 65.4 Å². The first kappa shape index (κ1) is 11.7. The van der Waals surface area contributed by atoms with E-state index in [1.54, 1.807) is 0 Å². The zero-order chi connectivity index (χ0) is 13.4. The highest BCUT2D eigenvalue weighted by molar-refractivity contribution is 5.84. The molecule has 3 aromatic rings. The van der Waals surface area contributed by atoms with Crippen LogP contribution in [0.1, 0.15) is 16.7 Å². The highest BCUT2D eigenvalue weighted by atomic mass is 14.7. The maximum atomic E-state index is 4.57. The number of rotatable bonds is 1. The van der Waals surface area contributed by atoms with Crippen LogP contribution in [0.2, 0.25) is 0 Å². The van der Waals surface area contributed by atoms with E-state index in [9.17, 15) is 0 Å². The van der Waals surface area contributed by atoms with Gasteiger partial charge >= 0.3 is 0 Å². The van der Waals surface area contributed by atoms with Gasteiger partial charge in [0.1, 0.15) is 0 Å². The zero-order valence-electron chi connectivity index (χ0n) is 11.4. The molecule has 1 heterocycles. The summed E-state index contributed by atoms with van der Waals surface area (Å²) in [5.41, 5.74) is 6.12. The number of pyridine rings is 1. The van der Waals surface area contributed by atoms with Gasteiger partial charge in [0.25, 0.3) is 0 Å².